The number of benzene rings is 2. The molecule has 1 aliphatic rings. The summed E-state index contributed by atoms with van der Waals surface area (Å²) in [7, 11) is 0. The molecule has 0 spiro atoms. The predicted molar refractivity (Wildman–Crippen MR) is 98.6 cm³/mol. The van der Waals surface area contributed by atoms with E-state index >= 15 is 0 Å². The number of piperidine rings is 1. The van der Waals surface area contributed by atoms with Crippen LogP contribution in [0.1, 0.15) is 30.0 Å². The van der Waals surface area contributed by atoms with Crippen molar-refractivity contribution in [1.29, 1.82) is 0 Å². The fourth-order valence-corrected chi connectivity index (χ4v) is 3.65. The average molecular weight is 317 g/mol. The van der Waals surface area contributed by atoms with Gasteiger partial charge in [-0.05, 0) is 44.0 Å². The van der Waals surface area contributed by atoms with Crippen LogP contribution in [0.2, 0.25) is 0 Å². The molecule has 1 unspecified atom stereocenters. The molecule has 1 aromatic heterocycles. The van der Waals surface area contributed by atoms with Gasteiger partial charge in [-0.3, -0.25) is 0 Å². The van der Waals surface area contributed by atoms with Crippen molar-refractivity contribution in [2.75, 3.05) is 13.1 Å². The minimum atomic E-state index is 0.497. The first-order valence-electron chi connectivity index (χ1n) is 8.74. The van der Waals surface area contributed by atoms with Gasteiger partial charge in [0.15, 0.2) is 0 Å². The summed E-state index contributed by atoms with van der Waals surface area (Å²) in [6, 6.07) is 19.2. The van der Waals surface area contributed by atoms with Crippen LogP contribution in [-0.2, 0) is 0 Å². The quantitative estimate of drug-likeness (QED) is 0.780. The highest BCUT2D eigenvalue weighted by molar-refractivity contribution is 5.67. The summed E-state index contributed by atoms with van der Waals surface area (Å²) in [6.45, 7) is 4.29. The van der Waals surface area contributed by atoms with Crippen LogP contribution >= 0.6 is 0 Å². The van der Waals surface area contributed by atoms with Crippen LogP contribution in [-0.4, -0.2) is 22.9 Å². The Morgan fingerprint density at radius 2 is 1.96 bits per heavy atom. The van der Waals surface area contributed by atoms with Gasteiger partial charge in [-0.15, -0.1) is 0 Å². The monoisotopic (exact) mass is 317 g/mol. The molecule has 0 radical (unpaired) electrons. The van der Waals surface area contributed by atoms with E-state index in [2.05, 4.69) is 71.5 Å². The number of para-hydroxylation sites is 1. The molecule has 3 nitrogen and oxygen atoms in total. The van der Waals surface area contributed by atoms with Crippen molar-refractivity contribution in [3.8, 4) is 16.8 Å². The molecule has 0 amide bonds. The first kappa shape index (κ1) is 15.2. The lowest BCUT2D eigenvalue weighted by molar-refractivity contribution is 0.448. The second-order valence-electron chi connectivity index (χ2n) is 6.60. The second kappa shape index (κ2) is 6.62. The van der Waals surface area contributed by atoms with Crippen LogP contribution in [0.4, 0.5) is 0 Å². The number of hydrogen-bond donors (Lipinski definition) is 1. The summed E-state index contributed by atoms with van der Waals surface area (Å²) in [5.74, 6) is 0.497. The molecule has 2 heterocycles. The van der Waals surface area contributed by atoms with Crippen molar-refractivity contribution < 1.29 is 0 Å². The zero-order valence-corrected chi connectivity index (χ0v) is 14.1. The minimum Gasteiger partial charge on any atom is -0.316 e. The number of aromatic nitrogens is 2. The SMILES string of the molecule is Cc1cccc(-c2cnn(-c3ccccc3)c2C2CCCNC2)c1. The van der Waals surface area contributed by atoms with E-state index < -0.39 is 0 Å². The molecular weight excluding hydrogens is 294 g/mol. The van der Waals surface area contributed by atoms with Gasteiger partial charge < -0.3 is 5.32 Å². The third-order valence-electron chi connectivity index (χ3n) is 4.82. The molecule has 1 fully saturated rings. The Morgan fingerprint density at radius 3 is 2.71 bits per heavy atom. The van der Waals surface area contributed by atoms with Gasteiger partial charge in [0.2, 0.25) is 0 Å². The molecule has 0 saturated carbocycles. The number of rotatable bonds is 3. The van der Waals surface area contributed by atoms with Gasteiger partial charge in [0.05, 0.1) is 17.6 Å². The van der Waals surface area contributed by atoms with Crippen molar-refractivity contribution in [3.05, 3.63) is 72.1 Å². The lowest BCUT2D eigenvalue weighted by Gasteiger charge is -2.25. The molecule has 1 atom stereocenters. The molecular formula is C21H23N3. The fourth-order valence-electron chi connectivity index (χ4n) is 3.65. The summed E-state index contributed by atoms with van der Waals surface area (Å²) in [5, 5.41) is 8.31. The molecule has 122 valence electrons. The standard InChI is InChI=1S/C21H23N3/c1-16-7-5-8-17(13-16)20-15-23-24(19-10-3-2-4-11-19)21(20)18-9-6-12-22-14-18/h2-5,7-8,10-11,13,15,18,22H,6,9,12,14H2,1H3. The van der Waals surface area contributed by atoms with Gasteiger partial charge in [-0.25, -0.2) is 4.68 Å². The maximum absolute atomic E-state index is 4.76. The van der Waals surface area contributed by atoms with Gasteiger partial charge in [0.1, 0.15) is 0 Å². The van der Waals surface area contributed by atoms with Crippen molar-refractivity contribution in [2.45, 2.75) is 25.7 Å². The highest BCUT2D eigenvalue weighted by Gasteiger charge is 2.24. The lowest BCUT2D eigenvalue weighted by Crippen LogP contribution is -2.29. The Kier molecular flexibility index (Phi) is 4.18. The van der Waals surface area contributed by atoms with Gasteiger partial charge in [0.25, 0.3) is 0 Å². The zero-order valence-electron chi connectivity index (χ0n) is 14.1. The molecule has 2 aromatic carbocycles. The smallest absolute Gasteiger partial charge is 0.0649 e. The van der Waals surface area contributed by atoms with Crippen LogP contribution in [0.15, 0.2) is 60.8 Å². The summed E-state index contributed by atoms with van der Waals surface area (Å²) in [5.41, 5.74) is 6.28. The Morgan fingerprint density at radius 1 is 1.08 bits per heavy atom. The van der Waals surface area contributed by atoms with Crippen LogP contribution < -0.4 is 5.32 Å². The van der Waals surface area contributed by atoms with Gasteiger partial charge in [-0.1, -0.05) is 48.0 Å². The average Bonchev–Trinajstić information content (AvgIpc) is 3.08. The highest BCUT2D eigenvalue weighted by Crippen LogP contribution is 2.34. The predicted octanol–water partition coefficient (Wildman–Crippen LogP) is 4.31. The number of nitrogens with one attached hydrogen (secondary N) is 1. The van der Waals surface area contributed by atoms with Gasteiger partial charge in [0, 0.05) is 18.0 Å². The summed E-state index contributed by atoms with van der Waals surface area (Å²) < 4.78 is 2.13. The Labute approximate surface area is 143 Å². The highest BCUT2D eigenvalue weighted by atomic mass is 15.3. The third kappa shape index (κ3) is 2.87. The molecule has 3 heteroatoms. The minimum absolute atomic E-state index is 0.497. The van der Waals surface area contributed by atoms with E-state index in [4.69, 9.17) is 5.10 Å². The molecule has 1 N–H and O–H groups in total. The van der Waals surface area contributed by atoms with E-state index in [0.29, 0.717) is 5.92 Å². The van der Waals surface area contributed by atoms with Gasteiger partial charge in [-0.2, -0.15) is 5.10 Å². The van der Waals surface area contributed by atoms with Crippen LogP contribution in [0, 0.1) is 6.92 Å². The molecule has 0 aliphatic carbocycles. The van der Waals surface area contributed by atoms with Crippen molar-refractivity contribution in [2.24, 2.45) is 0 Å². The van der Waals surface area contributed by atoms with Crippen molar-refractivity contribution >= 4 is 0 Å². The zero-order chi connectivity index (χ0) is 16.4. The summed E-state index contributed by atoms with van der Waals surface area (Å²) in [6.07, 6.45) is 4.47. The van der Waals surface area contributed by atoms with Crippen LogP contribution in [0.5, 0.6) is 0 Å². The molecule has 4 rings (SSSR count). The Bertz CT molecular complexity index is 814. The molecule has 0 bridgehead atoms. The molecule has 1 saturated heterocycles. The maximum Gasteiger partial charge on any atom is 0.0649 e. The van der Waals surface area contributed by atoms with E-state index in [1.54, 1.807) is 0 Å². The van der Waals surface area contributed by atoms with Crippen molar-refractivity contribution in [1.82, 2.24) is 15.1 Å². The number of hydrogen-bond acceptors (Lipinski definition) is 2. The van der Waals surface area contributed by atoms with Crippen LogP contribution in [0.25, 0.3) is 16.8 Å². The molecule has 3 aromatic rings. The van der Waals surface area contributed by atoms with Crippen molar-refractivity contribution in [3.63, 3.8) is 0 Å². The van der Waals surface area contributed by atoms with E-state index in [1.807, 2.05) is 6.20 Å². The lowest BCUT2D eigenvalue weighted by atomic mass is 9.91. The van der Waals surface area contributed by atoms with Gasteiger partial charge >= 0.3 is 0 Å². The second-order valence-corrected chi connectivity index (χ2v) is 6.60. The normalized spacial score (nSPS) is 17.8. The Hall–Kier alpha value is -2.39. The maximum atomic E-state index is 4.76. The number of nitrogens with zero attached hydrogens (tertiary/aromatic N) is 2. The largest absolute Gasteiger partial charge is 0.316 e. The van der Waals surface area contributed by atoms with Crippen LogP contribution in [0.3, 0.4) is 0 Å². The fraction of sp³-hybridized carbons (Fsp3) is 0.286. The molecule has 24 heavy (non-hydrogen) atoms. The van der Waals surface area contributed by atoms with E-state index in [-0.39, 0.29) is 0 Å². The third-order valence-corrected chi connectivity index (χ3v) is 4.82. The Balaban J connectivity index is 1.86. The van der Waals surface area contributed by atoms with E-state index in [1.165, 1.54) is 35.2 Å². The van der Waals surface area contributed by atoms with E-state index in [9.17, 15) is 0 Å². The molecule has 1 aliphatic heterocycles. The topological polar surface area (TPSA) is 29.9 Å². The summed E-state index contributed by atoms with van der Waals surface area (Å²) >= 11 is 0. The first-order chi connectivity index (χ1) is 11.8. The van der Waals surface area contributed by atoms with E-state index in [0.717, 1.165) is 18.8 Å². The number of aryl methyl sites for hydroxylation is 1. The summed E-state index contributed by atoms with van der Waals surface area (Å²) in [4.78, 5) is 0. The first-order valence-corrected chi connectivity index (χ1v) is 8.74.